The summed E-state index contributed by atoms with van der Waals surface area (Å²) in [6.07, 6.45) is -0.170. The zero-order valence-corrected chi connectivity index (χ0v) is 10.2. The number of ether oxygens (including phenoxy) is 1. The molecule has 2 atom stereocenters. The Labute approximate surface area is 106 Å². The Morgan fingerprint density at radius 2 is 1.67 bits per heavy atom. The van der Waals surface area contributed by atoms with Crippen LogP contribution in [0.1, 0.15) is 40.4 Å². The largest absolute Gasteiger partial charge is 0.453 e. The van der Waals surface area contributed by atoms with Gasteiger partial charge in [0.2, 0.25) is 0 Å². The van der Waals surface area contributed by atoms with Crippen LogP contribution in [-0.2, 0) is 4.74 Å². The average molecular weight is 238 g/mol. The molecule has 0 N–H and O–H groups in total. The maximum atomic E-state index is 11.8. The molecule has 90 valence electrons. The van der Waals surface area contributed by atoms with E-state index in [1.807, 2.05) is 42.5 Å². The quantitative estimate of drug-likeness (QED) is 0.746. The van der Waals surface area contributed by atoms with Crippen LogP contribution >= 0.6 is 0 Å². The fraction of sp³-hybridized carbons (Fsp3) is 0.188. The van der Waals surface area contributed by atoms with Crippen molar-refractivity contribution < 1.29 is 9.53 Å². The lowest BCUT2D eigenvalue weighted by molar-refractivity contribution is 0.0337. The highest BCUT2D eigenvalue weighted by Gasteiger charge is 2.34. The van der Waals surface area contributed by atoms with Crippen molar-refractivity contribution in [2.24, 2.45) is 0 Å². The van der Waals surface area contributed by atoms with Crippen molar-refractivity contribution in [3.8, 4) is 0 Å². The molecule has 0 fully saturated rings. The molecule has 1 heterocycles. The van der Waals surface area contributed by atoms with Crippen LogP contribution in [-0.4, -0.2) is 5.97 Å². The van der Waals surface area contributed by atoms with Crippen LogP contribution in [0.15, 0.2) is 54.6 Å². The lowest BCUT2D eigenvalue weighted by atomic mass is 9.90. The van der Waals surface area contributed by atoms with E-state index in [1.165, 1.54) is 5.56 Å². The normalized spacial score (nSPS) is 19.2. The first-order chi connectivity index (χ1) is 8.77. The monoisotopic (exact) mass is 238 g/mol. The van der Waals surface area contributed by atoms with Gasteiger partial charge in [0, 0.05) is 11.5 Å². The smallest absolute Gasteiger partial charge is 0.339 e. The summed E-state index contributed by atoms with van der Waals surface area (Å²) in [7, 11) is 0. The minimum Gasteiger partial charge on any atom is -0.453 e. The van der Waals surface area contributed by atoms with Gasteiger partial charge in [0.1, 0.15) is 6.10 Å². The van der Waals surface area contributed by atoms with Gasteiger partial charge in [0.15, 0.2) is 0 Å². The molecule has 18 heavy (non-hydrogen) atoms. The Morgan fingerprint density at radius 3 is 2.44 bits per heavy atom. The molecule has 0 aliphatic carbocycles. The van der Waals surface area contributed by atoms with E-state index in [-0.39, 0.29) is 18.0 Å². The summed E-state index contributed by atoms with van der Waals surface area (Å²) in [6, 6.07) is 17.8. The molecule has 0 radical (unpaired) electrons. The van der Waals surface area contributed by atoms with Crippen LogP contribution in [0, 0.1) is 0 Å². The second-order valence-electron chi connectivity index (χ2n) is 4.61. The van der Waals surface area contributed by atoms with E-state index in [9.17, 15) is 4.79 Å². The lowest BCUT2D eigenvalue weighted by Gasteiger charge is -2.19. The third-order valence-electron chi connectivity index (χ3n) is 3.50. The number of rotatable bonds is 2. The number of cyclic esters (lactones) is 1. The van der Waals surface area contributed by atoms with Crippen LogP contribution in [0.5, 0.6) is 0 Å². The third-order valence-corrected chi connectivity index (χ3v) is 3.50. The van der Waals surface area contributed by atoms with Crippen molar-refractivity contribution in [3.63, 3.8) is 0 Å². The van der Waals surface area contributed by atoms with Gasteiger partial charge < -0.3 is 4.74 Å². The molecule has 0 amide bonds. The highest BCUT2D eigenvalue weighted by molar-refractivity contribution is 5.94. The summed E-state index contributed by atoms with van der Waals surface area (Å²) in [5, 5.41) is 0. The van der Waals surface area contributed by atoms with Gasteiger partial charge in [-0.2, -0.15) is 0 Å². The molecule has 3 rings (SSSR count). The van der Waals surface area contributed by atoms with E-state index in [4.69, 9.17) is 4.74 Å². The Balaban J connectivity index is 1.98. The molecule has 0 spiro atoms. The van der Waals surface area contributed by atoms with Gasteiger partial charge in [0.25, 0.3) is 0 Å². The summed E-state index contributed by atoms with van der Waals surface area (Å²) < 4.78 is 5.51. The van der Waals surface area contributed by atoms with Gasteiger partial charge in [0.05, 0.1) is 5.56 Å². The molecular formula is C16H14O2. The molecule has 0 saturated carbocycles. The fourth-order valence-electron chi connectivity index (χ4n) is 2.48. The van der Waals surface area contributed by atoms with Gasteiger partial charge in [-0.1, -0.05) is 55.5 Å². The number of carbonyl (C=O) groups excluding carboxylic acids is 1. The first kappa shape index (κ1) is 11.0. The molecule has 2 aromatic carbocycles. The molecule has 2 aromatic rings. The van der Waals surface area contributed by atoms with Crippen LogP contribution in [0.4, 0.5) is 0 Å². The molecule has 2 nitrogen and oxygen atoms in total. The number of hydrogen-bond donors (Lipinski definition) is 0. The van der Waals surface area contributed by atoms with Crippen molar-refractivity contribution in [2.45, 2.75) is 18.9 Å². The van der Waals surface area contributed by atoms with Crippen molar-refractivity contribution in [1.82, 2.24) is 0 Å². The first-order valence-electron chi connectivity index (χ1n) is 6.12. The SMILES string of the molecule is CC(c1ccccc1)C1OC(=O)c2ccccc21. The van der Waals surface area contributed by atoms with Gasteiger partial charge in [-0.15, -0.1) is 0 Å². The van der Waals surface area contributed by atoms with E-state index in [1.54, 1.807) is 0 Å². The molecule has 1 aliphatic rings. The van der Waals surface area contributed by atoms with Crippen LogP contribution in [0.2, 0.25) is 0 Å². The number of fused-ring (bicyclic) bond motifs is 1. The molecular weight excluding hydrogens is 224 g/mol. The van der Waals surface area contributed by atoms with Gasteiger partial charge in [-0.3, -0.25) is 0 Å². The number of hydrogen-bond acceptors (Lipinski definition) is 2. The minimum absolute atomic E-state index is 0.166. The highest BCUT2D eigenvalue weighted by atomic mass is 16.5. The van der Waals surface area contributed by atoms with Crippen LogP contribution < -0.4 is 0 Å². The standard InChI is InChI=1S/C16H14O2/c1-11(12-7-3-2-4-8-12)15-13-9-5-6-10-14(13)16(17)18-15/h2-11,15H,1H3. The third kappa shape index (κ3) is 1.70. The summed E-state index contributed by atoms with van der Waals surface area (Å²) in [5.74, 6) is -0.0443. The Morgan fingerprint density at radius 1 is 1.00 bits per heavy atom. The van der Waals surface area contributed by atoms with E-state index < -0.39 is 0 Å². The summed E-state index contributed by atoms with van der Waals surface area (Å²) in [5.41, 5.74) is 2.89. The van der Waals surface area contributed by atoms with Crippen molar-refractivity contribution >= 4 is 5.97 Å². The Kier molecular flexibility index (Phi) is 2.63. The average Bonchev–Trinajstić information content (AvgIpc) is 2.77. The zero-order valence-electron chi connectivity index (χ0n) is 10.2. The predicted molar refractivity (Wildman–Crippen MR) is 69.5 cm³/mol. The summed E-state index contributed by atoms with van der Waals surface area (Å²) >= 11 is 0. The second kappa shape index (κ2) is 4.30. The van der Waals surface area contributed by atoms with E-state index in [0.29, 0.717) is 5.56 Å². The molecule has 0 saturated heterocycles. The topological polar surface area (TPSA) is 26.3 Å². The van der Waals surface area contributed by atoms with E-state index >= 15 is 0 Å². The van der Waals surface area contributed by atoms with Crippen molar-refractivity contribution in [1.29, 1.82) is 0 Å². The van der Waals surface area contributed by atoms with Gasteiger partial charge in [-0.25, -0.2) is 4.79 Å². The van der Waals surface area contributed by atoms with Crippen LogP contribution in [0.3, 0.4) is 0 Å². The molecule has 2 heteroatoms. The summed E-state index contributed by atoms with van der Waals surface area (Å²) in [6.45, 7) is 2.09. The zero-order chi connectivity index (χ0) is 12.5. The maximum absolute atomic E-state index is 11.8. The Hall–Kier alpha value is -2.09. The number of carbonyl (C=O) groups is 1. The Bertz CT molecular complexity index is 575. The minimum atomic E-state index is -0.210. The van der Waals surface area contributed by atoms with Crippen molar-refractivity contribution in [3.05, 3.63) is 71.3 Å². The number of esters is 1. The van der Waals surface area contributed by atoms with Gasteiger partial charge in [-0.05, 0) is 11.6 Å². The molecule has 1 aliphatic heterocycles. The lowest BCUT2D eigenvalue weighted by Crippen LogP contribution is -2.08. The van der Waals surface area contributed by atoms with Gasteiger partial charge >= 0.3 is 5.97 Å². The molecule has 2 unspecified atom stereocenters. The predicted octanol–water partition coefficient (Wildman–Crippen LogP) is 3.70. The molecule has 0 aromatic heterocycles. The maximum Gasteiger partial charge on any atom is 0.339 e. The second-order valence-corrected chi connectivity index (χ2v) is 4.61. The molecule has 0 bridgehead atoms. The van der Waals surface area contributed by atoms with Crippen LogP contribution in [0.25, 0.3) is 0 Å². The summed E-state index contributed by atoms with van der Waals surface area (Å²) in [4.78, 5) is 11.8. The van der Waals surface area contributed by atoms with E-state index in [2.05, 4.69) is 19.1 Å². The first-order valence-corrected chi connectivity index (χ1v) is 6.12. The fourth-order valence-corrected chi connectivity index (χ4v) is 2.48. The number of benzene rings is 2. The van der Waals surface area contributed by atoms with E-state index in [0.717, 1.165) is 5.56 Å². The van der Waals surface area contributed by atoms with Crippen molar-refractivity contribution in [2.75, 3.05) is 0 Å². The highest BCUT2D eigenvalue weighted by Crippen LogP contribution is 2.40.